The molecule has 0 aliphatic carbocycles. The van der Waals surface area contributed by atoms with Gasteiger partial charge in [-0.2, -0.15) is 23.4 Å². The third-order valence-electron chi connectivity index (χ3n) is 5.65. The lowest BCUT2D eigenvalue weighted by Gasteiger charge is -2.32. The fourth-order valence-corrected chi connectivity index (χ4v) is 3.38. The second-order valence-corrected chi connectivity index (χ2v) is 8.38. The first kappa shape index (κ1) is 20.0. The van der Waals surface area contributed by atoms with E-state index in [0.717, 1.165) is 21.0 Å². The van der Waals surface area contributed by atoms with Crippen molar-refractivity contribution in [1.29, 1.82) is 0 Å². The van der Waals surface area contributed by atoms with Gasteiger partial charge in [-0.15, -0.1) is 0 Å². The van der Waals surface area contributed by atoms with E-state index in [0.29, 0.717) is 11.3 Å². The minimum Gasteiger partial charge on any atom is -0.399 e. The minimum absolute atomic E-state index is 0.469. The Balaban J connectivity index is 1.73. The number of hydrogen-bond acceptors (Lipinski definition) is 4. The number of alkyl halides is 3. The van der Waals surface area contributed by atoms with E-state index in [9.17, 15) is 13.2 Å². The summed E-state index contributed by atoms with van der Waals surface area (Å²) in [6.45, 7) is 6.79. The highest BCUT2D eigenvalue weighted by atomic mass is 19.4. The molecular formula is C19H22BF3N4O2. The Bertz CT molecular complexity index is 1060. The molecule has 10 heteroatoms. The third-order valence-corrected chi connectivity index (χ3v) is 5.65. The Kier molecular flexibility index (Phi) is 4.36. The van der Waals surface area contributed by atoms with Crippen LogP contribution < -0.4 is 5.46 Å². The van der Waals surface area contributed by atoms with Gasteiger partial charge in [0.1, 0.15) is 12.2 Å². The van der Waals surface area contributed by atoms with Crippen molar-refractivity contribution in [2.45, 2.75) is 51.6 Å². The molecule has 1 saturated heterocycles. The number of aryl methyl sites for hydroxylation is 1. The van der Waals surface area contributed by atoms with E-state index in [2.05, 4.69) is 10.2 Å². The lowest BCUT2D eigenvalue weighted by molar-refractivity contribution is -0.142. The summed E-state index contributed by atoms with van der Waals surface area (Å²) < 4.78 is 52.8. The average molecular weight is 406 g/mol. The van der Waals surface area contributed by atoms with Crippen LogP contribution in [0.25, 0.3) is 22.2 Å². The Morgan fingerprint density at radius 2 is 1.76 bits per heavy atom. The molecule has 4 rings (SSSR count). The first-order valence-corrected chi connectivity index (χ1v) is 9.28. The molecule has 0 atom stereocenters. The fourth-order valence-electron chi connectivity index (χ4n) is 3.38. The van der Waals surface area contributed by atoms with Crippen molar-refractivity contribution in [3.05, 3.63) is 30.6 Å². The SMILES string of the molecule is Cn1nc(-c2cnn(CC(F)(F)F)c2)c2cc(B3OC(C)(C)C(C)(C)O3)ccc21. The van der Waals surface area contributed by atoms with Crippen LogP contribution in [0.5, 0.6) is 0 Å². The summed E-state index contributed by atoms with van der Waals surface area (Å²) >= 11 is 0. The van der Waals surface area contributed by atoms with Gasteiger partial charge in [-0.1, -0.05) is 12.1 Å². The molecule has 2 aromatic heterocycles. The molecule has 1 aliphatic heterocycles. The summed E-state index contributed by atoms with van der Waals surface area (Å²) in [5.74, 6) is 0. The van der Waals surface area contributed by atoms with Crippen molar-refractivity contribution in [3.63, 3.8) is 0 Å². The lowest BCUT2D eigenvalue weighted by atomic mass is 9.78. The van der Waals surface area contributed by atoms with Crippen molar-refractivity contribution < 1.29 is 22.5 Å². The molecule has 6 nitrogen and oxygen atoms in total. The summed E-state index contributed by atoms with van der Waals surface area (Å²) in [5.41, 5.74) is 1.82. The second kappa shape index (κ2) is 6.34. The average Bonchev–Trinajstić information content (AvgIpc) is 3.22. The van der Waals surface area contributed by atoms with Crippen LogP contribution in [0.15, 0.2) is 30.6 Å². The molecule has 1 fully saturated rings. The molecule has 0 spiro atoms. The smallest absolute Gasteiger partial charge is 0.399 e. The Hall–Kier alpha value is -2.33. The molecule has 0 bridgehead atoms. The molecule has 3 aromatic rings. The standard InChI is InChI=1S/C19H22BF3N4O2/c1-17(2)18(3,4)29-20(28-17)13-6-7-15-14(8-13)16(25-26(15)5)12-9-24-27(10-12)11-19(21,22)23/h6-10H,11H2,1-5H3. The van der Waals surface area contributed by atoms with Gasteiger partial charge >= 0.3 is 13.3 Å². The van der Waals surface area contributed by atoms with Crippen LogP contribution in [0.1, 0.15) is 27.7 Å². The maximum atomic E-state index is 12.7. The van der Waals surface area contributed by atoms with Crippen LogP contribution in [0.3, 0.4) is 0 Å². The van der Waals surface area contributed by atoms with Crippen LogP contribution in [0, 0.1) is 0 Å². The third kappa shape index (κ3) is 3.55. The van der Waals surface area contributed by atoms with E-state index >= 15 is 0 Å². The summed E-state index contributed by atoms with van der Waals surface area (Å²) in [6, 6.07) is 5.75. The molecule has 0 unspecified atom stereocenters. The fraction of sp³-hybridized carbons (Fsp3) is 0.474. The zero-order valence-corrected chi connectivity index (χ0v) is 16.9. The van der Waals surface area contributed by atoms with Crippen LogP contribution in [0.4, 0.5) is 13.2 Å². The number of benzene rings is 1. The first-order chi connectivity index (χ1) is 13.4. The number of aromatic nitrogens is 4. The van der Waals surface area contributed by atoms with Gasteiger partial charge in [-0.3, -0.25) is 9.36 Å². The molecule has 154 valence electrons. The normalized spacial score (nSPS) is 18.7. The Morgan fingerprint density at radius 3 is 2.38 bits per heavy atom. The maximum absolute atomic E-state index is 12.7. The zero-order valence-electron chi connectivity index (χ0n) is 16.9. The summed E-state index contributed by atoms with van der Waals surface area (Å²) in [4.78, 5) is 0. The van der Waals surface area contributed by atoms with Crippen LogP contribution in [0.2, 0.25) is 0 Å². The van der Waals surface area contributed by atoms with E-state index in [-0.39, 0.29) is 0 Å². The minimum atomic E-state index is -4.33. The first-order valence-electron chi connectivity index (χ1n) is 9.28. The molecule has 0 N–H and O–H groups in total. The molecule has 0 saturated carbocycles. The van der Waals surface area contributed by atoms with Crippen molar-refractivity contribution in [3.8, 4) is 11.3 Å². The zero-order chi connectivity index (χ0) is 21.2. The number of rotatable bonds is 3. The second-order valence-electron chi connectivity index (χ2n) is 8.38. The van der Waals surface area contributed by atoms with Crippen molar-refractivity contribution >= 4 is 23.5 Å². The Labute approximate surface area is 166 Å². The molecule has 1 aromatic carbocycles. The van der Waals surface area contributed by atoms with Crippen LogP contribution in [-0.4, -0.2) is 44.1 Å². The van der Waals surface area contributed by atoms with Gasteiger partial charge in [-0.25, -0.2) is 0 Å². The van der Waals surface area contributed by atoms with Gasteiger partial charge in [0.05, 0.1) is 22.9 Å². The number of hydrogen-bond donors (Lipinski definition) is 0. The van der Waals surface area contributed by atoms with E-state index in [1.54, 1.807) is 11.7 Å². The Morgan fingerprint density at radius 1 is 1.10 bits per heavy atom. The molecule has 0 radical (unpaired) electrons. The van der Waals surface area contributed by atoms with E-state index in [1.165, 1.54) is 12.4 Å². The monoisotopic (exact) mass is 406 g/mol. The van der Waals surface area contributed by atoms with Crippen molar-refractivity contribution in [2.75, 3.05) is 0 Å². The number of fused-ring (bicyclic) bond motifs is 1. The topological polar surface area (TPSA) is 54.1 Å². The van der Waals surface area contributed by atoms with Crippen LogP contribution >= 0.6 is 0 Å². The highest BCUT2D eigenvalue weighted by Crippen LogP contribution is 2.37. The summed E-state index contributed by atoms with van der Waals surface area (Å²) in [6.07, 6.45) is -1.58. The lowest BCUT2D eigenvalue weighted by Crippen LogP contribution is -2.41. The van der Waals surface area contributed by atoms with Crippen molar-refractivity contribution in [1.82, 2.24) is 19.6 Å². The quantitative estimate of drug-likeness (QED) is 0.627. The van der Waals surface area contributed by atoms with E-state index in [4.69, 9.17) is 9.31 Å². The van der Waals surface area contributed by atoms with Gasteiger partial charge in [0.2, 0.25) is 0 Å². The van der Waals surface area contributed by atoms with Gasteiger partial charge in [-0.05, 0) is 39.2 Å². The van der Waals surface area contributed by atoms with Gasteiger partial charge in [0.15, 0.2) is 0 Å². The highest BCUT2D eigenvalue weighted by Gasteiger charge is 2.51. The maximum Gasteiger partial charge on any atom is 0.494 e. The predicted molar refractivity (Wildman–Crippen MR) is 104 cm³/mol. The molecule has 0 amide bonds. The van der Waals surface area contributed by atoms with Gasteiger partial charge in [0.25, 0.3) is 0 Å². The molecule has 3 heterocycles. The highest BCUT2D eigenvalue weighted by molar-refractivity contribution is 6.62. The van der Waals surface area contributed by atoms with E-state index < -0.39 is 31.0 Å². The van der Waals surface area contributed by atoms with E-state index in [1.807, 2.05) is 45.9 Å². The number of halogens is 3. The summed E-state index contributed by atoms with van der Waals surface area (Å²) in [7, 11) is 1.26. The molecular weight excluding hydrogens is 384 g/mol. The predicted octanol–water partition coefficient (Wildman–Crippen LogP) is 3.30. The van der Waals surface area contributed by atoms with Crippen molar-refractivity contribution in [2.24, 2.45) is 7.05 Å². The van der Waals surface area contributed by atoms with Crippen LogP contribution in [-0.2, 0) is 22.9 Å². The summed E-state index contributed by atoms with van der Waals surface area (Å²) in [5, 5.41) is 9.12. The largest absolute Gasteiger partial charge is 0.494 e. The molecule has 29 heavy (non-hydrogen) atoms. The van der Waals surface area contributed by atoms with Gasteiger partial charge in [0, 0.05) is 24.2 Å². The molecule has 1 aliphatic rings. The number of nitrogens with zero attached hydrogens (tertiary/aromatic N) is 4. The van der Waals surface area contributed by atoms with Gasteiger partial charge < -0.3 is 9.31 Å².